The lowest BCUT2D eigenvalue weighted by molar-refractivity contribution is 0.103. The Labute approximate surface area is 145 Å². The first-order valence-electron chi connectivity index (χ1n) is 8.13. The van der Waals surface area contributed by atoms with Crippen LogP contribution in [0.5, 0.6) is 0 Å². The smallest absolute Gasteiger partial charge is 0.267 e. The number of benzene rings is 1. The number of aryl methyl sites for hydroxylation is 2. The molecule has 1 aromatic carbocycles. The van der Waals surface area contributed by atoms with Crippen LogP contribution in [0.1, 0.15) is 47.0 Å². The van der Waals surface area contributed by atoms with Crippen molar-refractivity contribution in [2.45, 2.75) is 40.5 Å². The number of aromatic nitrogens is 2. The van der Waals surface area contributed by atoms with Gasteiger partial charge in [0.15, 0.2) is 11.5 Å². The number of rotatable bonds is 5. The predicted molar refractivity (Wildman–Crippen MR) is 96.7 cm³/mol. The zero-order valence-corrected chi connectivity index (χ0v) is 15.2. The summed E-state index contributed by atoms with van der Waals surface area (Å²) in [5.74, 6) is 1.09. The van der Waals surface area contributed by atoms with E-state index in [0.717, 1.165) is 34.6 Å². The van der Waals surface area contributed by atoms with Crippen LogP contribution in [-0.4, -0.2) is 15.9 Å². The molecule has 24 heavy (non-hydrogen) atoms. The number of fused-ring (bicyclic) bond motifs is 1. The van der Waals surface area contributed by atoms with Gasteiger partial charge in [0.05, 0.1) is 10.7 Å². The highest BCUT2D eigenvalue weighted by atomic mass is 32.1. The topological polar surface area (TPSA) is 68.0 Å². The zero-order valence-electron chi connectivity index (χ0n) is 14.3. The van der Waals surface area contributed by atoms with E-state index in [4.69, 9.17) is 4.42 Å². The van der Waals surface area contributed by atoms with Crippen LogP contribution in [0, 0.1) is 12.8 Å². The summed E-state index contributed by atoms with van der Waals surface area (Å²) in [7, 11) is 0. The minimum Gasteiger partial charge on any atom is -0.441 e. The summed E-state index contributed by atoms with van der Waals surface area (Å²) in [4.78, 5) is 22.1. The molecule has 0 aliphatic carbocycles. The van der Waals surface area contributed by atoms with Gasteiger partial charge in [-0.1, -0.05) is 20.8 Å². The molecule has 2 aromatic heterocycles. The molecule has 0 aliphatic heterocycles. The molecule has 2 heterocycles. The van der Waals surface area contributed by atoms with E-state index >= 15 is 0 Å². The number of carbonyl (C=O) groups excluding carboxylic acids is 1. The van der Waals surface area contributed by atoms with Crippen molar-refractivity contribution < 1.29 is 9.21 Å². The highest BCUT2D eigenvalue weighted by molar-refractivity contribution is 7.13. The molecule has 0 fully saturated rings. The van der Waals surface area contributed by atoms with Crippen molar-refractivity contribution in [2.75, 3.05) is 5.32 Å². The Balaban J connectivity index is 1.80. The molecule has 0 saturated heterocycles. The Hall–Kier alpha value is -2.21. The molecule has 126 valence electrons. The Morgan fingerprint density at radius 3 is 2.83 bits per heavy atom. The van der Waals surface area contributed by atoms with E-state index < -0.39 is 0 Å². The third-order valence-electron chi connectivity index (χ3n) is 3.62. The Morgan fingerprint density at radius 2 is 2.12 bits per heavy atom. The van der Waals surface area contributed by atoms with E-state index in [0.29, 0.717) is 22.4 Å². The number of amides is 1. The fraction of sp³-hybridized carbons (Fsp3) is 0.389. The predicted octanol–water partition coefficient (Wildman–Crippen LogP) is 4.61. The average molecular weight is 343 g/mol. The molecular weight excluding hydrogens is 322 g/mol. The van der Waals surface area contributed by atoms with E-state index in [2.05, 4.69) is 29.1 Å². The summed E-state index contributed by atoms with van der Waals surface area (Å²) >= 11 is 1.47. The van der Waals surface area contributed by atoms with Gasteiger partial charge >= 0.3 is 0 Å². The van der Waals surface area contributed by atoms with Crippen molar-refractivity contribution >= 4 is 34.0 Å². The van der Waals surface area contributed by atoms with Crippen LogP contribution in [0.4, 0.5) is 5.69 Å². The molecule has 1 amide bonds. The number of oxazole rings is 1. The molecule has 0 unspecified atom stereocenters. The Kier molecular flexibility index (Phi) is 4.66. The molecule has 0 bridgehead atoms. The van der Waals surface area contributed by atoms with Crippen LogP contribution in [0.3, 0.4) is 0 Å². The molecule has 0 atom stereocenters. The number of hydrogen-bond acceptors (Lipinski definition) is 5. The van der Waals surface area contributed by atoms with E-state index in [1.165, 1.54) is 11.3 Å². The molecule has 0 radical (unpaired) electrons. The van der Waals surface area contributed by atoms with Gasteiger partial charge in [-0.05, 0) is 31.0 Å². The molecule has 5 nitrogen and oxygen atoms in total. The van der Waals surface area contributed by atoms with Crippen molar-refractivity contribution in [3.63, 3.8) is 0 Å². The van der Waals surface area contributed by atoms with Crippen LogP contribution in [-0.2, 0) is 12.8 Å². The molecule has 0 spiro atoms. The number of thiazole rings is 1. The summed E-state index contributed by atoms with van der Waals surface area (Å²) in [5.41, 5.74) is 2.98. The minimum absolute atomic E-state index is 0.126. The second-order valence-corrected chi connectivity index (χ2v) is 7.30. The van der Waals surface area contributed by atoms with Crippen LogP contribution in [0.25, 0.3) is 11.1 Å². The average Bonchev–Trinajstić information content (AvgIpc) is 3.09. The van der Waals surface area contributed by atoms with Crippen LogP contribution < -0.4 is 5.32 Å². The summed E-state index contributed by atoms with van der Waals surface area (Å²) in [6.45, 7) is 8.17. The van der Waals surface area contributed by atoms with Crippen molar-refractivity contribution in [3.05, 3.63) is 39.7 Å². The number of anilines is 1. The van der Waals surface area contributed by atoms with Gasteiger partial charge in [-0.3, -0.25) is 4.79 Å². The monoisotopic (exact) mass is 343 g/mol. The summed E-state index contributed by atoms with van der Waals surface area (Å²) in [6.07, 6.45) is 1.64. The van der Waals surface area contributed by atoms with Gasteiger partial charge in [-0.2, -0.15) is 0 Å². The van der Waals surface area contributed by atoms with Gasteiger partial charge in [0.1, 0.15) is 10.4 Å². The zero-order chi connectivity index (χ0) is 17.3. The van der Waals surface area contributed by atoms with E-state index in [1.54, 1.807) is 0 Å². The van der Waals surface area contributed by atoms with Crippen LogP contribution in [0.15, 0.2) is 22.6 Å². The van der Waals surface area contributed by atoms with Gasteiger partial charge in [0.2, 0.25) is 0 Å². The van der Waals surface area contributed by atoms with E-state index in [9.17, 15) is 4.79 Å². The molecule has 0 aliphatic rings. The first kappa shape index (κ1) is 16.6. The fourth-order valence-corrected chi connectivity index (χ4v) is 3.66. The maximum atomic E-state index is 12.5. The van der Waals surface area contributed by atoms with Crippen LogP contribution >= 0.6 is 11.3 Å². The third kappa shape index (κ3) is 3.48. The van der Waals surface area contributed by atoms with Crippen molar-refractivity contribution in [1.29, 1.82) is 0 Å². The molecule has 6 heteroatoms. The number of hydrogen-bond donors (Lipinski definition) is 1. The van der Waals surface area contributed by atoms with Gasteiger partial charge in [-0.25, -0.2) is 9.97 Å². The maximum Gasteiger partial charge on any atom is 0.267 e. The first-order valence-corrected chi connectivity index (χ1v) is 8.95. The number of carbonyl (C=O) groups is 1. The highest BCUT2D eigenvalue weighted by Crippen LogP contribution is 2.24. The van der Waals surface area contributed by atoms with Crippen molar-refractivity contribution in [3.8, 4) is 0 Å². The standard InChI is InChI=1S/C18H21N3O2S/c1-5-15-21-13-9-12(6-7-14(13)23-15)20-18(22)17-11(4)19-16(24-17)8-10(2)3/h6-7,9-10H,5,8H2,1-4H3,(H,20,22). The quantitative estimate of drug-likeness (QED) is 0.735. The van der Waals surface area contributed by atoms with E-state index in [-0.39, 0.29) is 5.91 Å². The summed E-state index contributed by atoms with van der Waals surface area (Å²) < 4.78 is 5.59. The third-order valence-corrected chi connectivity index (χ3v) is 4.80. The fourth-order valence-electron chi connectivity index (χ4n) is 2.49. The maximum absolute atomic E-state index is 12.5. The molecule has 3 aromatic rings. The molecule has 3 rings (SSSR count). The van der Waals surface area contributed by atoms with Gasteiger partial charge in [0.25, 0.3) is 5.91 Å². The lowest BCUT2D eigenvalue weighted by Gasteiger charge is -2.03. The SMILES string of the molecule is CCc1nc2cc(NC(=O)c3sc(CC(C)C)nc3C)ccc2o1. The number of nitrogens with one attached hydrogen (secondary N) is 1. The van der Waals surface area contributed by atoms with Crippen molar-refractivity contribution in [2.24, 2.45) is 5.92 Å². The second-order valence-electron chi connectivity index (χ2n) is 6.22. The Bertz CT molecular complexity index is 880. The summed E-state index contributed by atoms with van der Waals surface area (Å²) in [5, 5.41) is 3.94. The highest BCUT2D eigenvalue weighted by Gasteiger charge is 2.16. The normalized spacial score (nSPS) is 11.4. The number of nitrogens with zero attached hydrogens (tertiary/aromatic N) is 2. The van der Waals surface area contributed by atoms with E-state index in [1.807, 2.05) is 32.0 Å². The molecule has 1 N–H and O–H groups in total. The Morgan fingerprint density at radius 1 is 1.33 bits per heavy atom. The summed E-state index contributed by atoms with van der Waals surface area (Å²) in [6, 6.07) is 5.50. The largest absolute Gasteiger partial charge is 0.441 e. The first-order chi connectivity index (χ1) is 11.5. The van der Waals surface area contributed by atoms with Crippen molar-refractivity contribution in [1.82, 2.24) is 9.97 Å². The lowest BCUT2D eigenvalue weighted by atomic mass is 10.1. The molecule has 0 saturated carbocycles. The lowest BCUT2D eigenvalue weighted by Crippen LogP contribution is -2.11. The minimum atomic E-state index is -0.126. The van der Waals surface area contributed by atoms with Crippen LogP contribution in [0.2, 0.25) is 0 Å². The van der Waals surface area contributed by atoms with Gasteiger partial charge in [-0.15, -0.1) is 11.3 Å². The van der Waals surface area contributed by atoms with Gasteiger partial charge < -0.3 is 9.73 Å². The molecular formula is C18H21N3O2S. The van der Waals surface area contributed by atoms with Gasteiger partial charge in [0, 0.05) is 18.5 Å². The second kappa shape index (κ2) is 6.73.